The zero-order valence-corrected chi connectivity index (χ0v) is 11.9. The molecule has 0 aliphatic heterocycles. The summed E-state index contributed by atoms with van der Waals surface area (Å²) in [5.41, 5.74) is 1.15. The van der Waals surface area contributed by atoms with Gasteiger partial charge in [0, 0.05) is 5.02 Å². The molecule has 2 nitrogen and oxygen atoms in total. The first-order valence-corrected chi connectivity index (χ1v) is 6.96. The van der Waals surface area contributed by atoms with E-state index in [0.29, 0.717) is 13.0 Å². The third-order valence-electron chi connectivity index (χ3n) is 3.01. The lowest BCUT2D eigenvalue weighted by molar-refractivity contribution is -0.144. The molecule has 0 aliphatic rings. The highest BCUT2D eigenvalue weighted by Gasteiger charge is 2.15. The molecular weight excluding hydrogens is 248 g/mol. The summed E-state index contributed by atoms with van der Waals surface area (Å²) in [6, 6.07) is 7.69. The van der Waals surface area contributed by atoms with Crippen LogP contribution in [0, 0.1) is 0 Å². The number of esters is 1. The molecule has 1 atom stereocenters. The second-order valence-electron chi connectivity index (χ2n) is 4.43. The molecule has 0 amide bonds. The van der Waals surface area contributed by atoms with Crippen molar-refractivity contribution in [2.45, 2.75) is 45.4 Å². The van der Waals surface area contributed by atoms with Crippen LogP contribution in [0.25, 0.3) is 0 Å². The normalized spacial score (nSPS) is 12.2. The van der Waals surface area contributed by atoms with Crippen LogP contribution < -0.4 is 0 Å². The third kappa shape index (κ3) is 5.09. The molecule has 0 bridgehead atoms. The van der Waals surface area contributed by atoms with Gasteiger partial charge in [-0.1, -0.05) is 44.0 Å². The maximum Gasteiger partial charge on any atom is 0.306 e. The predicted octanol–water partition coefficient (Wildman–Crippen LogP) is 4.57. The zero-order valence-electron chi connectivity index (χ0n) is 11.1. The van der Waals surface area contributed by atoms with Crippen LogP contribution in [0.1, 0.15) is 51.0 Å². The summed E-state index contributed by atoms with van der Waals surface area (Å²) in [6.07, 6.45) is 3.34. The molecule has 0 fully saturated rings. The molecule has 0 radical (unpaired) electrons. The van der Waals surface area contributed by atoms with Gasteiger partial charge in [-0.15, -0.1) is 0 Å². The Bertz CT molecular complexity index is 359. The minimum Gasteiger partial charge on any atom is -0.466 e. The smallest absolute Gasteiger partial charge is 0.306 e. The van der Waals surface area contributed by atoms with Crippen molar-refractivity contribution >= 4 is 17.6 Å². The summed E-state index contributed by atoms with van der Waals surface area (Å²) >= 11 is 5.86. The van der Waals surface area contributed by atoms with Crippen LogP contribution in [0.4, 0.5) is 0 Å². The Labute approximate surface area is 114 Å². The lowest BCUT2D eigenvalue weighted by atomic mass is 9.93. The van der Waals surface area contributed by atoms with Crippen molar-refractivity contribution in [3.63, 3.8) is 0 Å². The van der Waals surface area contributed by atoms with Crippen molar-refractivity contribution in [2.75, 3.05) is 6.61 Å². The summed E-state index contributed by atoms with van der Waals surface area (Å²) < 4.78 is 5.19. The fourth-order valence-corrected chi connectivity index (χ4v) is 1.95. The quantitative estimate of drug-likeness (QED) is 0.535. The van der Waals surface area contributed by atoms with Crippen molar-refractivity contribution < 1.29 is 9.53 Å². The SMILES string of the molecule is CCCCOC(=O)CC(CC)c1ccc(Cl)cc1. The molecular formula is C15H21ClO2. The molecule has 1 aromatic rings. The van der Waals surface area contributed by atoms with Crippen molar-refractivity contribution in [3.05, 3.63) is 34.9 Å². The number of rotatable bonds is 7. The van der Waals surface area contributed by atoms with Gasteiger partial charge in [-0.2, -0.15) is 0 Å². The number of benzene rings is 1. The van der Waals surface area contributed by atoms with E-state index >= 15 is 0 Å². The van der Waals surface area contributed by atoms with Gasteiger partial charge in [0.15, 0.2) is 0 Å². The van der Waals surface area contributed by atoms with Crippen LogP contribution in [0.2, 0.25) is 5.02 Å². The first-order chi connectivity index (χ1) is 8.67. The third-order valence-corrected chi connectivity index (χ3v) is 3.26. The molecule has 0 heterocycles. The second-order valence-corrected chi connectivity index (χ2v) is 4.87. The van der Waals surface area contributed by atoms with Crippen molar-refractivity contribution in [2.24, 2.45) is 0 Å². The highest BCUT2D eigenvalue weighted by Crippen LogP contribution is 2.25. The molecule has 100 valence electrons. The van der Waals surface area contributed by atoms with Gasteiger partial charge in [0.25, 0.3) is 0 Å². The molecule has 0 aromatic heterocycles. The van der Waals surface area contributed by atoms with Gasteiger partial charge >= 0.3 is 5.97 Å². The van der Waals surface area contributed by atoms with Gasteiger partial charge in [-0.25, -0.2) is 0 Å². The van der Waals surface area contributed by atoms with Gasteiger partial charge in [0.1, 0.15) is 0 Å². The van der Waals surface area contributed by atoms with E-state index in [-0.39, 0.29) is 11.9 Å². The number of halogens is 1. The molecule has 0 aliphatic carbocycles. The van der Waals surface area contributed by atoms with Crippen molar-refractivity contribution in [3.8, 4) is 0 Å². The van der Waals surface area contributed by atoms with Gasteiger partial charge in [0.05, 0.1) is 13.0 Å². The van der Waals surface area contributed by atoms with Crippen LogP contribution in [0.5, 0.6) is 0 Å². The highest BCUT2D eigenvalue weighted by atomic mass is 35.5. The number of unbranched alkanes of at least 4 members (excludes halogenated alkanes) is 1. The largest absolute Gasteiger partial charge is 0.466 e. The molecule has 0 spiro atoms. The predicted molar refractivity (Wildman–Crippen MR) is 75.0 cm³/mol. The Hall–Kier alpha value is -1.02. The minimum atomic E-state index is -0.106. The van der Waals surface area contributed by atoms with E-state index in [1.165, 1.54) is 0 Å². The summed E-state index contributed by atoms with van der Waals surface area (Å²) in [5.74, 6) is 0.113. The number of hydrogen-bond acceptors (Lipinski definition) is 2. The van der Waals surface area contributed by atoms with Gasteiger partial charge in [-0.05, 0) is 36.5 Å². The average Bonchev–Trinajstić information content (AvgIpc) is 2.37. The first-order valence-electron chi connectivity index (χ1n) is 6.58. The molecule has 1 aromatic carbocycles. The fourth-order valence-electron chi connectivity index (χ4n) is 1.82. The van der Waals surface area contributed by atoms with Gasteiger partial charge < -0.3 is 4.74 Å². The van der Waals surface area contributed by atoms with Crippen LogP contribution in [0.15, 0.2) is 24.3 Å². The monoisotopic (exact) mass is 268 g/mol. The Balaban J connectivity index is 2.51. The molecule has 0 N–H and O–H groups in total. The average molecular weight is 269 g/mol. The molecule has 1 unspecified atom stereocenters. The first kappa shape index (κ1) is 15.0. The molecule has 18 heavy (non-hydrogen) atoms. The standard InChI is InChI=1S/C15H21ClO2/c1-3-5-10-18-15(17)11-12(4-2)13-6-8-14(16)9-7-13/h6-9,12H,3-5,10-11H2,1-2H3. The molecule has 0 saturated heterocycles. The maximum absolute atomic E-state index is 11.7. The van der Waals surface area contributed by atoms with E-state index in [2.05, 4.69) is 13.8 Å². The van der Waals surface area contributed by atoms with E-state index < -0.39 is 0 Å². The van der Waals surface area contributed by atoms with Gasteiger partial charge in [0.2, 0.25) is 0 Å². The van der Waals surface area contributed by atoms with Crippen LogP contribution in [-0.2, 0) is 9.53 Å². The van der Waals surface area contributed by atoms with Gasteiger partial charge in [-0.3, -0.25) is 4.79 Å². The van der Waals surface area contributed by atoms with Crippen LogP contribution in [0.3, 0.4) is 0 Å². The number of ether oxygens (including phenoxy) is 1. The summed E-state index contributed by atoms with van der Waals surface area (Å²) in [4.78, 5) is 11.7. The van der Waals surface area contributed by atoms with E-state index in [4.69, 9.17) is 16.3 Å². The summed E-state index contributed by atoms with van der Waals surface area (Å²) in [7, 11) is 0. The van der Waals surface area contributed by atoms with Crippen molar-refractivity contribution in [1.82, 2.24) is 0 Å². The lowest BCUT2D eigenvalue weighted by Gasteiger charge is -2.14. The highest BCUT2D eigenvalue weighted by molar-refractivity contribution is 6.30. The summed E-state index contributed by atoms with van der Waals surface area (Å²) in [6.45, 7) is 4.70. The summed E-state index contributed by atoms with van der Waals surface area (Å²) in [5, 5.41) is 0.721. The topological polar surface area (TPSA) is 26.3 Å². The number of carbonyl (C=O) groups excluding carboxylic acids is 1. The Morgan fingerprint density at radius 2 is 1.94 bits per heavy atom. The van der Waals surface area contributed by atoms with Crippen molar-refractivity contribution in [1.29, 1.82) is 0 Å². The molecule has 3 heteroatoms. The molecule has 0 saturated carbocycles. The van der Waals surface area contributed by atoms with Crippen LogP contribution in [-0.4, -0.2) is 12.6 Å². The van der Waals surface area contributed by atoms with Crippen LogP contribution >= 0.6 is 11.6 Å². The fraction of sp³-hybridized carbons (Fsp3) is 0.533. The Morgan fingerprint density at radius 3 is 2.50 bits per heavy atom. The number of carbonyl (C=O) groups is 1. The zero-order chi connectivity index (χ0) is 13.4. The number of hydrogen-bond donors (Lipinski definition) is 0. The van der Waals surface area contributed by atoms with E-state index in [1.54, 1.807) is 0 Å². The Kier molecular flexibility index (Phi) is 6.81. The maximum atomic E-state index is 11.7. The molecule has 1 rings (SSSR count). The lowest BCUT2D eigenvalue weighted by Crippen LogP contribution is -2.11. The second kappa shape index (κ2) is 8.15. The van der Waals surface area contributed by atoms with E-state index in [9.17, 15) is 4.79 Å². The van der Waals surface area contributed by atoms with E-state index in [1.807, 2.05) is 24.3 Å². The Morgan fingerprint density at radius 1 is 1.28 bits per heavy atom. The van der Waals surface area contributed by atoms with E-state index in [0.717, 1.165) is 29.8 Å². The minimum absolute atomic E-state index is 0.106.